The molecule has 12 atom stereocenters. The lowest BCUT2D eigenvalue weighted by Crippen LogP contribution is -2.64. The van der Waals surface area contributed by atoms with Crippen molar-refractivity contribution in [2.45, 2.75) is 235 Å². The van der Waals surface area contributed by atoms with Crippen LogP contribution < -0.4 is 21.3 Å². The standard InChI is InChI=1S/C65H117N11O14/c1-25-26-28-42(14)55(79)54-59(83)69-52(45(17)90-30-27-29-77)63(87)70(18)35-50(78)71(19)46(31-36(2)3)58(82)68-51(40(10)11)64(88)72(20)47(32-37(4)5)57(81)66-43(15)56(80)67-44(16)60(84)73(21)48(33-38(6)7)61(85)74(22)49(34-39(8)9)62(86)75(23)53(41(12)13)65(89)76(54)24/h28,36-41,43-49,51-55,77,79H,25-27,29-35H2,1-24H3,(H,66,81)(H,67,80)(H,68,82)(H,69,83)/b42-28-/t43-,44+,45+,46-,47-,48-,49-,51-,52-,53-,54-,55+/m0/s1. The fraction of sp³-hybridized carbons (Fsp3) is 0.800. The van der Waals surface area contributed by atoms with Crippen LogP contribution >= 0.6 is 0 Å². The van der Waals surface area contributed by atoms with Crippen LogP contribution in [0.2, 0.25) is 0 Å². The molecule has 0 bridgehead atoms. The van der Waals surface area contributed by atoms with Gasteiger partial charge in [-0.15, -0.1) is 0 Å². The Morgan fingerprint density at radius 2 is 0.922 bits per heavy atom. The Balaban J connectivity index is 4.48. The van der Waals surface area contributed by atoms with E-state index in [4.69, 9.17) is 4.74 Å². The molecule has 1 rings (SSSR count). The summed E-state index contributed by atoms with van der Waals surface area (Å²) in [6.45, 7) is 28.6. The SMILES string of the molecule is CCC/C=C(/C)[C@@H](O)[C@H]1C(=O)N[C@@H]([C@@H](C)OCCCO)C(=O)N(C)CC(=O)N(C)[C@@H](CC(C)C)C(=O)N[C@@H](C(C)C)C(=O)N(C)[C@@H](CC(C)C)C(=O)N[C@@H](C)C(=O)N[C@H](C)C(=O)N(C)[C@@H](CC(C)C)C(=O)N(C)[C@@H](CC(C)C)C(=O)N(C)[C@@H](C(C)C)C(=O)N1C. The highest BCUT2D eigenvalue weighted by Crippen LogP contribution is 2.25. The number of aliphatic hydroxyl groups is 2. The molecule has 0 aromatic rings. The number of allylic oxidation sites excluding steroid dienone is 1. The van der Waals surface area contributed by atoms with Crippen LogP contribution in [0, 0.1) is 35.5 Å². The number of rotatable bonds is 19. The van der Waals surface area contributed by atoms with E-state index in [0.29, 0.717) is 18.4 Å². The highest BCUT2D eigenvalue weighted by Gasteiger charge is 2.46. The van der Waals surface area contributed by atoms with Gasteiger partial charge in [-0.1, -0.05) is 103 Å². The molecule has 0 aliphatic carbocycles. The topological polar surface area (TPSA) is 308 Å². The number of amides is 11. The van der Waals surface area contributed by atoms with Gasteiger partial charge in [0.2, 0.25) is 65.0 Å². The minimum absolute atomic E-state index is 0.0572. The number of carbonyl (C=O) groups excluding carboxylic acids is 11. The van der Waals surface area contributed by atoms with Crippen molar-refractivity contribution in [1.82, 2.24) is 55.6 Å². The number of nitrogens with one attached hydrogen (secondary N) is 4. The van der Waals surface area contributed by atoms with Gasteiger partial charge in [-0.3, -0.25) is 52.7 Å². The second-order valence-corrected chi connectivity index (χ2v) is 27.2. The molecule has 1 aliphatic heterocycles. The Kier molecular flexibility index (Phi) is 34.5. The van der Waals surface area contributed by atoms with Crippen molar-refractivity contribution >= 4 is 65.0 Å². The first-order valence-corrected chi connectivity index (χ1v) is 32.3. The molecule has 0 aromatic carbocycles. The van der Waals surface area contributed by atoms with E-state index in [2.05, 4.69) is 21.3 Å². The van der Waals surface area contributed by atoms with Crippen LogP contribution in [0.1, 0.15) is 163 Å². The fourth-order valence-corrected chi connectivity index (χ4v) is 11.0. The molecular weight excluding hydrogens is 1160 g/mol. The van der Waals surface area contributed by atoms with Crippen LogP contribution in [0.5, 0.6) is 0 Å². The van der Waals surface area contributed by atoms with E-state index >= 15 is 19.2 Å². The van der Waals surface area contributed by atoms with Gasteiger partial charge in [0, 0.05) is 62.5 Å². The molecule has 25 heteroatoms. The van der Waals surface area contributed by atoms with E-state index in [0.717, 1.165) is 9.80 Å². The lowest BCUT2D eigenvalue weighted by molar-refractivity contribution is -0.157. The number of unbranched alkanes of at least 4 members (excludes halogenated alkanes) is 1. The molecule has 1 heterocycles. The number of carbonyl (C=O) groups is 11. The van der Waals surface area contributed by atoms with Gasteiger partial charge in [-0.2, -0.15) is 0 Å². The second kappa shape index (κ2) is 38.0. The van der Waals surface area contributed by atoms with E-state index in [1.54, 1.807) is 40.7 Å². The average Bonchev–Trinajstić information content (AvgIpc) is 0.850. The predicted octanol–water partition coefficient (Wildman–Crippen LogP) is 2.79. The van der Waals surface area contributed by atoms with Crippen molar-refractivity contribution in [2.24, 2.45) is 35.5 Å². The zero-order valence-corrected chi connectivity index (χ0v) is 59.0. The first kappa shape index (κ1) is 81.8. The van der Waals surface area contributed by atoms with Crippen molar-refractivity contribution in [3.8, 4) is 0 Å². The Bertz CT molecular complexity index is 2450. The number of nitrogens with zero attached hydrogens (tertiary/aromatic N) is 7. The zero-order chi connectivity index (χ0) is 69.7. The van der Waals surface area contributed by atoms with Crippen LogP contribution in [0.25, 0.3) is 0 Å². The summed E-state index contributed by atoms with van der Waals surface area (Å²) in [5.41, 5.74) is 0.322. The Morgan fingerprint density at radius 1 is 0.500 bits per heavy atom. The number of aliphatic hydroxyl groups excluding tert-OH is 2. The maximum atomic E-state index is 15.3. The van der Waals surface area contributed by atoms with Crippen molar-refractivity contribution in [3.63, 3.8) is 0 Å². The first-order chi connectivity index (χ1) is 41.6. The molecule has 0 spiro atoms. The molecule has 1 fully saturated rings. The summed E-state index contributed by atoms with van der Waals surface area (Å²) in [6.07, 6.45) is 0.748. The van der Waals surface area contributed by atoms with Crippen LogP contribution in [0.3, 0.4) is 0 Å². The molecule has 25 nitrogen and oxygen atoms in total. The molecule has 516 valence electrons. The molecule has 0 saturated carbocycles. The molecule has 1 aliphatic rings. The van der Waals surface area contributed by atoms with Gasteiger partial charge < -0.3 is 70.5 Å². The number of hydrogen-bond acceptors (Lipinski definition) is 14. The largest absolute Gasteiger partial charge is 0.396 e. The van der Waals surface area contributed by atoms with Crippen LogP contribution in [-0.2, 0) is 57.5 Å². The van der Waals surface area contributed by atoms with E-state index < -0.39 is 156 Å². The third-order valence-corrected chi connectivity index (χ3v) is 16.6. The Labute approximate surface area is 537 Å². The number of hydrogen-bond donors (Lipinski definition) is 6. The van der Waals surface area contributed by atoms with Gasteiger partial charge >= 0.3 is 0 Å². The molecule has 0 radical (unpaired) electrons. The highest BCUT2D eigenvalue weighted by atomic mass is 16.5. The summed E-state index contributed by atoms with van der Waals surface area (Å²) < 4.78 is 5.99. The maximum absolute atomic E-state index is 15.3. The third kappa shape index (κ3) is 23.5. The van der Waals surface area contributed by atoms with Gasteiger partial charge in [0.05, 0.1) is 12.6 Å². The van der Waals surface area contributed by atoms with Crippen LogP contribution in [0.4, 0.5) is 0 Å². The fourth-order valence-electron chi connectivity index (χ4n) is 11.0. The molecule has 0 unspecified atom stereocenters. The summed E-state index contributed by atoms with van der Waals surface area (Å²) in [5.74, 6) is -9.83. The highest BCUT2D eigenvalue weighted by molar-refractivity contribution is 5.99. The number of likely N-dealkylation sites (N-methyl/N-ethyl adjacent to an activating group) is 7. The smallest absolute Gasteiger partial charge is 0.248 e. The summed E-state index contributed by atoms with van der Waals surface area (Å²) in [7, 11) is 9.74. The molecule has 11 amide bonds. The van der Waals surface area contributed by atoms with Gasteiger partial charge in [-0.25, -0.2) is 0 Å². The Morgan fingerprint density at radius 3 is 1.39 bits per heavy atom. The molecule has 6 N–H and O–H groups in total. The zero-order valence-electron chi connectivity index (χ0n) is 59.0. The second-order valence-electron chi connectivity index (χ2n) is 27.2. The lowest BCUT2D eigenvalue weighted by atomic mass is 9.94. The Hall–Kier alpha value is -6.21. The normalized spacial score (nSPS) is 26.2. The van der Waals surface area contributed by atoms with Gasteiger partial charge in [-0.05, 0) is 107 Å². The summed E-state index contributed by atoms with van der Waals surface area (Å²) in [5, 5.41) is 32.8. The summed E-state index contributed by atoms with van der Waals surface area (Å²) in [4.78, 5) is 170. The summed E-state index contributed by atoms with van der Waals surface area (Å²) >= 11 is 0. The monoisotopic (exact) mass is 1280 g/mol. The van der Waals surface area contributed by atoms with E-state index in [-0.39, 0.29) is 69.0 Å². The van der Waals surface area contributed by atoms with Gasteiger partial charge in [0.1, 0.15) is 66.5 Å². The molecule has 90 heavy (non-hydrogen) atoms. The molecule has 1 saturated heterocycles. The summed E-state index contributed by atoms with van der Waals surface area (Å²) in [6, 6.07) is -13.1. The first-order valence-electron chi connectivity index (χ1n) is 32.3. The van der Waals surface area contributed by atoms with Crippen molar-refractivity contribution < 1.29 is 67.7 Å². The third-order valence-electron chi connectivity index (χ3n) is 16.6. The minimum atomic E-state index is -1.75. The van der Waals surface area contributed by atoms with Crippen molar-refractivity contribution in [2.75, 3.05) is 69.1 Å². The van der Waals surface area contributed by atoms with E-state index in [1.165, 1.54) is 94.6 Å². The lowest BCUT2D eigenvalue weighted by Gasteiger charge is -2.41. The van der Waals surface area contributed by atoms with E-state index in [1.807, 2.05) is 62.3 Å². The average molecular weight is 1280 g/mol. The quantitative estimate of drug-likeness (QED) is 0.0801. The van der Waals surface area contributed by atoms with Gasteiger partial charge in [0.15, 0.2) is 0 Å². The maximum Gasteiger partial charge on any atom is 0.248 e. The minimum Gasteiger partial charge on any atom is -0.396 e. The van der Waals surface area contributed by atoms with Gasteiger partial charge in [0.25, 0.3) is 0 Å². The molecular formula is C65H117N11O14. The number of ether oxygens (including phenoxy) is 1. The predicted molar refractivity (Wildman–Crippen MR) is 345 cm³/mol. The van der Waals surface area contributed by atoms with Crippen molar-refractivity contribution in [3.05, 3.63) is 11.6 Å². The van der Waals surface area contributed by atoms with Crippen molar-refractivity contribution in [1.29, 1.82) is 0 Å². The van der Waals surface area contributed by atoms with Crippen LogP contribution in [-0.4, -0.2) is 251 Å². The molecule has 0 aromatic heterocycles. The van der Waals surface area contributed by atoms with Crippen LogP contribution in [0.15, 0.2) is 11.6 Å². The van der Waals surface area contributed by atoms with E-state index in [9.17, 15) is 43.8 Å².